The van der Waals surface area contributed by atoms with Crippen LogP contribution >= 0.6 is 11.3 Å². The van der Waals surface area contributed by atoms with Crippen LogP contribution in [-0.2, 0) is 13.6 Å². The minimum absolute atomic E-state index is 0.0678. The number of nitrogens with zero attached hydrogens (tertiary/aromatic N) is 3. The third-order valence-electron chi connectivity index (χ3n) is 4.91. The van der Waals surface area contributed by atoms with Crippen LogP contribution < -0.4 is 24.2 Å². The monoisotopic (exact) mass is 376 g/mol. The average Bonchev–Trinajstić information content (AvgIpc) is 2.99. The first-order chi connectivity index (χ1) is 13.1. The van der Waals surface area contributed by atoms with Crippen LogP contribution in [0, 0.1) is 0 Å². The highest BCUT2D eigenvalue weighted by Gasteiger charge is 2.17. The van der Waals surface area contributed by atoms with Crippen LogP contribution in [-0.4, -0.2) is 11.6 Å². The minimum atomic E-state index is 0.0678. The van der Waals surface area contributed by atoms with Crippen molar-refractivity contribution in [2.24, 2.45) is 7.05 Å². The van der Waals surface area contributed by atoms with Crippen LogP contribution in [0.25, 0.3) is 17.8 Å². The lowest BCUT2D eigenvalue weighted by Gasteiger charge is -2.25. The van der Waals surface area contributed by atoms with E-state index in [1.165, 1.54) is 5.56 Å². The van der Waals surface area contributed by atoms with Gasteiger partial charge in [-0.15, -0.1) is 11.3 Å². The molecule has 1 aromatic carbocycles. The van der Waals surface area contributed by atoms with Crippen LogP contribution in [0.1, 0.15) is 18.2 Å². The molecule has 0 bridgehead atoms. The zero-order chi connectivity index (χ0) is 19.0. The number of fused-ring (bicyclic) bond motifs is 1. The minimum Gasteiger partial charge on any atom is -0.343 e. The maximum atomic E-state index is 13.1. The van der Waals surface area contributed by atoms with Gasteiger partial charge in [0, 0.05) is 37.5 Å². The number of likely N-dealkylation sites (N-methyl/N-ethyl adjacent to an activating group) is 1. The number of pyridine rings is 1. The number of aromatic nitrogens is 2. The topological polar surface area (TPSA) is 29.1 Å². The molecule has 0 N–H and O–H groups in total. The van der Waals surface area contributed by atoms with E-state index in [1.807, 2.05) is 62.1 Å². The first-order valence-corrected chi connectivity index (χ1v) is 9.83. The lowest BCUT2D eigenvalue weighted by atomic mass is 10.1. The summed E-state index contributed by atoms with van der Waals surface area (Å²) in [5, 5.41) is 0. The third-order valence-corrected chi connectivity index (χ3v) is 6.04. The molecule has 2 aromatic heterocycles. The lowest BCUT2D eigenvalue weighted by molar-refractivity contribution is -0.673. The normalized spacial score (nSPS) is 16.0. The van der Waals surface area contributed by atoms with Gasteiger partial charge in [0.2, 0.25) is 5.69 Å². The summed E-state index contributed by atoms with van der Waals surface area (Å²) >= 11 is 1.55. The Balaban J connectivity index is 1.97. The van der Waals surface area contributed by atoms with Gasteiger partial charge in [0.15, 0.2) is 6.20 Å². The Morgan fingerprint density at radius 1 is 1.11 bits per heavy atom. The van der Waals surface area contributed by atoms with Gasteiger partial charge < -0.3 is 4.90 Å². The molecule has 1 aliphatic rings. The Kier molecular flexibility index (Phi) is 4.54. The molecule has 0 atom stereocenters. The highest BCUT2D eigenvalue weighted by atomic mass is 32.1. The van der Waals surface area contributed by atoms with Crippen molar-refractivity contribution in [3.05, 3.63) is 85.5 Å². The smallest absolute Gasteiger partial charge is 0.271 e. The summed E-state index contributed by atoms with van der Waals surface area (Å²) in [6, 6.07) is 14.3. The van der Waals surface area contributed by atoms with Gasteiger partial charge in [-0.25, -0.2) is 4.57 Å². The van der Waals surface area contributed by atoms with Gasteiger partial charge in [-0.1, -0.05) is 24.3 Å². The zero-order valence-corrected chi connectivity index (χ0v) is 16.5. The maximum absolute atomic E-state index is 13.1. The van der Waals surface area contributed by atoms with Crippen LogP contribution in [0.2, 0.25) is 0 Å². The van der Waals surface area contributed by atoms with Crippen molar-refractivity contribution in [2.45, 2.75) is 13.5 Å². The zero-order valence-electron chi connectivity index (χ0n) is 15.7. The molecule has 4 rings (SSSR count). The predicted molar refractivity (Wildman–Crippen MR) is 112 cm³/mol. The van der Waals surface area contributed by atoms with Crippen molar-refractivity contribution < 1.29 is 4.57 Å². The number of hydrogen-bond donors (Lipinski definition) is 0. The Labute approximate surface area is 162 Å². The molecule has 3 aromatic rings. The van der Waals surface area contributed by atoms with E-state index in [9.17, 15) is 4.79 Å². The number of benzene rings is 1. The van der Waals surface area contributed by atoms with E-state index in [-0.39, 0.29) is 5.56 Å². The molecule has 0 saturated heterocycles. The van der Waals surface area contributed by atoms with Crippen LogP contribution in [0.15, 0.2) is 59.5 Å². The summed E-state index contributed by atoms with van der Waals surface area (Å²) in [6.45, 7) is 2.66. The van der Waals surface area contributed by atoms with Gasteiger partial charge in [0.1, 0.15) is 16.2 Å². The standard InChI is InChI=1S/C22H22N3OS/c1-4-25-20(15-17-10-7-8-14-23(17)2)27-21(22(25)26)19-13-12-16-9-5-6-11-18(16)24(19)3/h5-15H,4H2,1-3H3/q+1. The van der Waals surface area contributed by atoms with Gasteiger partial charge in [-0.3, -0.25) is 9.36 Å². The van der Waals surface area contributed by atoms with Crippen molar-refractivity contribution in [1.82, 2.24) is 4.57 Å². The summed E-state index contributed by atoms with van der Waals surface area (Å²) in [5.41, 5.74) is 4.36. The second kappa shape index (κ2) is 7.00. The number of thiazole rings is 1. The Bertz CT molecular complexity index is 1220. The Morgan fingerprint density at radius 2 is 1.89 bits per heavy atom. The van der Waals surface area contributed by atoms with Crippen molar-refractivity contribution in [1.29, 1.82) is 0 Å². The summed E-state index contributed by atoms with van der Waals surface area (Å²) in [6.07, 6.45) is 8.22. The molecule has 3 heterocycles. The van der Waals surface area contributed by atoms with Crippen LogP contribution in [0.5, 0.6) is 0 Å². The van der Waals surface area contributed by atoms with Crippen molar-refractivity contribution in [3.63, 3.8) is 0 Å². The molecule has 0 aliphatic carbocycles. The molecule has 0 spiro atoms. The van der Waals surface area contributed by atoms with E-state index < -0.39 is 0 Å². The van der Waals surface area contributed by atoms with E-state index in [2.05, 4.69) is 39.8 Å². The number of aryl methyl sites for hydroxylation is 1. The highest BCUT2D eigenvalue weighted by molar-refractivity contribution is 7.07. The molecule has 27 heavy (non-hydrogen) atoms. The van der Waals surface area contributed by atoms with Gasteiger partial charge in [0.05, 0.1) is 5.70 Å². The van der Waals surface area contributed by atoms with Crippen molar-refractivity contribution in [3.8, 4) is 0 Å². The highest BCUT2D eigenvalue weighted by Crippen LogP contribution is 2.29. The van der Waals surface area contributed by atoms with E-state index in [0.717, 1.165) is 26.3 Å². The fourth-order valence-corrected chi connectivity index (χ4v) is 4.60. The molecule has 1 aliphatic heterocycles. The van der Waals surface area contributed by atoms with E-state index >= 15 is 0 Å². The third kappa shape index (κ3) is 3.04. The largest absolute Gasteiger partial charge is 0.343 e. The molecule has 0 fully saturated rings. The lowest BCUT2D eigenvalue weighted by Crippen LogP contribution is -2.35. The molecular weight excluding hydrogens is 354 g/mol. The van der Waals surface area contributed by atoms with E-state index in [4.69, 9.17) is 0 Å². The predicted octanol–water partition coefficient (Wildman–Crippen LogP) is 1.85. The number of para-hydroxylation sites is 1. The maximum Gasteiger partial charge on any atom is 0.271 e. The summed E-state index contributed by atoms with van der Waals surface area (Å²) in [4.78, 5) is 15.2. The van der Waals surface area contributed by atoms with Gasteiger partial charge in [-0.2, -0.15) is 0 Å². The van der Waals surface area contributed by atoms with E-state index in [0.29, 0.717) is 6.54 Å². The average molecular weight is 377 g/mol. The first-order valence-electron chi connectivity index (χ1n) is 9.01. The fourth-order valence-electron chi connectivity index (χ4n) is 3.38. The second-order valence-corrected chi connectivity index (χ2v) is 7.57. The SMILES string of the molecule is CCn1c(=Cc2cccc[n+]2C)sc(=C2C=Cc3ccccc3N2C)c1=O. The van der Waals surface area contributed by atoms with Crippen molar-refractivity contribution in [2.75, 3.05) is 11.9 Å². The van der Waals surface area contributed by atoms with Crippen molar-refractivity contribution >= 4 is 34.9 Å². The van der Waals surface area contributed by atoms with E-state index in [1.54, 1.807) is 11.3 Å². The van der Waals surface area contributed by atoms with Crippen LogP contribution in [0.3, 0.4) is 0 Å². The quantitative estimate of drug-likeness (QED) is 0.639. The molecular formula is C22H22N3OS+. The van der Waals surface area contributed by atoms with Gasteiger partial charge >= 0.3 is 0 Å². The molecule has 136 valence electrons. The number of hydrogen-bond acceptors (Lipinski definition) is 3. The molecule has 0 unspecified atom stereocenters. The van der Waals surface area contributed by atoms with Gasteiger partial charge in [0.25, 0.3) is 5.56 Å². The van der Waals surface area contributed by atoms with Gasteiger partial charge in [-0.05, 0) is 30.7 Å². The molecule has 0 saturated carbocycles. The summed E-state index contributed by atoms with van der Waals surface area (Å²) in [7, 11) is 4.03. The molecule has 4 nitrogen and oxygen atoms in total. The van der Waals surface area contributed by atoms with Crippen LogP contribution in [0.4, 0.5) is 5.69 Å². The number of rotatable bonds is 2. The first kappa shape index (κ1) is 17.5. The summed E-state index contributed by atoms with van der Waals surface area (Å²) in [5.74, 6) is 0. The fraction of sp³-hybridized carbons (Fsp3) is 0.182. The molecule has 5 heteroatoms. The molecule has 0 radical (unpaired) electrons. The Morgan fingerprint density at radius 3 is 2.67 bits per heavy atom. The number of anilines is 1. The molecule has 0 amide bonds. The second-order valence-electron chi connectivity index (χ2n) is 6.54. The summed E-state index contributed by atoms with van der Waals surface area (Å²) < 4.78 is 5.64. The Hall–Kier alpha value is -2.92.